The number of allylic oxidation sites excluding steroid dienone is 1. The van der Waals surface area contributed by atoms with Crippen LogP contribution in [0.2, 0.25) is 0 Å². The molecular weight excluding hydrogens is 374 g/mol. The van der Waals surface area contributed by atoms with E-state index in [9.17, 15) is 9.59 Å². The number of methoxy groups -OCH3 is 1. The van der Waals surface area contributed by atoms with Crippen molar-refractivity contribution in [1.29, 1.82) is 0 Å². The summed E-state index contributed by atoms with van der Waals surface area (Å²) in [5.41, 5.74) is 1.73. The van der Waals surface area contributed by atoms with Crippen molar-refractivity contribution in [3.05, 3.63) is 39.9 Å². The predicted molar refractivity (Wildman–Crippen MR) is 95.2 cm³/mol. The van der Waals surface area contributed by atoms with Crippen LogP contribution in [-0.4, -0.2) is 32.1 Å². The fraction of sp³-hybridized carbons (Fsp3) is 0.444. The fourth-order valence-corrected chi connectivity index (χ4v) is 2.95. The number of hydrogen-bond acceptors (Lipinski definition) is 4. The number of carbonyl (C=O) groups excluding carboxylic acids is 2. The van der Waals surface area contributed by atoms with Crippen LogP contribution in [0.5, 0.6) is 5.75 Å². The highest BCUT2D eigenvalue weighted by Gasteiger charge is 2.14. The zero-order valence-electron chi connectivity index (χ0n) is 13.8. The average Bonchev–Trinajstić information content (AvgIpc) is 2.61. The highest BCUT2D eigenvalue weighted by atomic mass is 79.9. The smallest absolute Gasteiger partial charge is 0.339 e. The van der Waals surface area contributed by atoms with Crippen molar-refractivity contribution in [3.63, 3.8) is 0 Å². The van der Waals surface area contributed by atoms with Crippen molar-refractivity contribution in [3.8, 4) is 5.75 Å². The summed E-state index contributed by atoms with van der Waals surface area (Å²) < 4.78 is 10.7. The molecule has 0 aromatic heterocycles. The maximum Gasteiger partial charge on any atom is 0.339 e. The second-order valence-corrected chi connectivity index (χ2v) is 6.48. The minimum absolute atomic E-state index is 0.290. The van der Waals surface area contributed by atoms with Gasteiger partial charge in [0.1, 0.15) is 5.75 Å². The quantitative estimate of drug-likeness (QED) is 0.565. The van der Waals surface area contributed by atoms with Gasteiger partial charge in [-0.2, -0.15) is 0 Å². The van der Waals surface area contributed by atoms with Gasteiger partial charge in [0.15, 0.2) is 6.61 Å². The summed E-state index contributed by atoms with van der Waals surface area (Å²) in [6.45, 7) is 0.284. The number of carbonyl (C=O) groups is 2. The lowest BCUT2D eigenvalue weighted by molar-refractivity contribution is -0.124. The average molecular weight is 396 g/mol. The number of hydrogen-bond donors (Lipinski definition) is 1. The molecule has 5 nitrogen and oxygen atoms in total. The molecule has 0 unspecified atom stereocenters. The minimum Gasteiger partial charge on any atom is -0.497 e. The maximum absolute atomic E-state index is 12.1. The Hall–Kier alpha value is -1.82. The molecule has 0 saturated carbocycles. The third-order valence-electron chi connectivity index (χ3n) is 3.88. The number of esters is 1. The number of benzene rings is 1. The van der Waals surface area contributed by atoms with Crippen LogP contribution in [0.1, 0.15) is 42.5 Å². The van der Waals surface area contributed by atoms with Crippen LogP contribution in [-0.2, 0) is 9.53 Å². The van der Waals surface area contributed by atoms with E-state index in [1.54, 1.807) is 18.2 Å². The van der Waals surface area contributed by atoms with Gasteiger partial charge in [0.05, 0.1) is 12.7 Å². The molecule has 0 atom stereocenters. The molecule has 0 aliphatic heterocycles. The number of rotatable bonds is 7. The molecule has 0 spiro atoms. The molecule has 0 fully saturated rings. The van der Waals surface area contributed by atoms with E-state index >= 15 is 0 Å². The molecule has 2 rings (SSSR count). The second kappa shape index (κ2) is 9.47. The molecule has 6 heteroatoms. The molecule has 0 radical (unpaired) electrons. The highest BCUT2D eigenvalue weighted by Crippen LogP contribution is 2.23. The molecule has 0 saturated heterocycles. The summed E-state index contributed by atoms with van der Waals surface area (Å²) in [7, 11) is 1.52. The Bertz CT molecular complexity index is 627. The van der Waals surface area contributed by atoms with E-state index in [2.05, 4.69) is 27.3 Å². The third kappa shape index (κ3) is 5.67. The monoisotopic (exact) mass is 395 g/mol. The lowest BCUT2D eigenvalue weighted by Gasteiger charge is -2.13. The number of amides is 1. The van der Waals surface area contributed by atoms with Crippen molar-refractivity contribution in [2.45, 2.75) is 32.1 Å². The minimum atomic E-state index is -0.564. The molecule has 0 bridgehead atoms. The van der Waals surface area contributed by atoms with Crippen molar-refractivity contribution < 1.29 is 19.1 Å². The molecule has 24 heavy (non-hydrogen) atoms. The number of halogens is 1. The van der Waals surface area contributed by atoms with Gasteiger partial charge in [-0.1, -0.05) is 11.6 Å². The Kier molecular flexibility index (Phi) is 7.31. The van der Waals surface area contributed by atoms with Gasteiger partial charge < -0.3 is 14.8 Å². The van der Waals surface area contributed by atoms with Gasteiger partial charge in [-0.25, -0.2) is 4.79 Å². The molecule has 1 amide bonds. The fourth-order valence-electron chi connectivity index (χ4n) is 2.54. The molecule has 1 aliphatic carbocycles. The van der Waals surface area contributed by atoms with Gasteiger partial charge >= 0.3 is 5.97 Å². The lowest BCUT2D eigenvalue weighted by atomic mass is 9.97. The SMILES string of the molecule is COc1ccc(Br)c(C(=O)OCC(=O)NCCC2=CCCCC2)c1. The summed E-state index contributed by atoms with van der Waals surface area (Å²) in [4.78, 5) is 23.8. The number of nitrogens with one attached hydrogen (secondary N) is 1. The normalized spacial score (nSPS) is 13.8. The largest absolute Gasteiger partial charge is 0.497 e. The van der Waals surface area contributed by atoms with Gasteiger partial charge in [0.2, 0.25) is 0 Å². The van der Waals surface area contributed by atoms with Gasteiger partial charge in [-0.3, -0.25) is 4.79 Å². The van der Waals surface area contributed by atoms with E-state index in [-0.39, 0.29) is 12.5 Å². The standard InChI is InChI=1S/C18H22BrNO4/c1-23-14-7-8-16(19)15(11-14)18(22)24-12-17(21)20-10-9-13-5-3-2-4-6-13/h5,7-8,11H,2-4,6,9-10,12H2,1H3,(H,20,21). The van der Waals surface area contributed by atoms with Crippen LogP contribution in [0.15, 0.2) is 34.3 Å². The van der Waals surface area contributed by atoms with Crippen molar-refractivity contribution in [2.75, 3.05) is 20.3 Å². The Morgan fingerprint density at radius 3 is 2.83 bits per heavy atom. The van der Waals surface area contributed by atoms with Crippen LogP contribution in [0.25, 0.3) is 0 Å². The number of ether oxygens (including phenoxy) is 2. The van der Waals surface area contributed by atoms with Crippen LogP contribution >= 0.6 is 15.9 Å². The predicted octanol–water partition coefficient (Wildman–Crippen LogP) is 3.62. The van der Waals surface area contributed by atoms with Crippen LogP contribution in [0.3, 0.4) is 0 Å². The molecule has 1 N–H and O–H groups in total. The zero-order chi connectivity index (χ0) is 17.4. The van der Waals surface area contributed by atoms with Gasteiger partial charge in [0.25, 0.3) is 5.91 Å². The van der Waals surface area contributed by atoms with E-state index in [0.29, 0.717) is 22.3 Å². The van der Waals surface area contributed by atoms with Crippen molar-refractivity contribution in [2.24, 2.45) is 0 Å². The summed E-state index contributed by atoms with van der Waals surface area (Å²) in [5.74, 6) is -0.306. The lowest BCUT2D eigenvalue weighted by Crippen LogP contribution is -2.30. The first-order valence-electron chi connectivity index (χ1n) is 8.05. The van der Waals surface area contributed by atoms with Crippen LogP contribution in [0.4, 0.5) is 0 Å². The van der Waals surface area contributed by atoms with Crippen molar-refractivity contribution in [1.82, 2.24) is 5.32 Å². The zero-order valence-corrected chi connectivity index (χ0v) is 15.4. The first kappa shape index (κ1) is 18.5. The van der Waals surface area contributed by atoms with Crippen LogP contribution < -0.4 is 10.1 Å². The van der Waals surface area contributed by atoms with E-state index in [4.69, 9.17) is 9.47 Å². The molecule has 1 aromatic rings. The third-order valence-corrected chi connectivity index (χ3v) is 4.57. The topological polar surface area (TPSA) is 64.6 Å². The van der Waals surface area contributed by atoms with Gasteiger partial charge in [0, 0.05) is 11.0 Å². The Morgan fingerprint density at radius 2 is 2.12 bits per heavy atom. The Balaban J connectivity index is 1.74. The summed E-state index contributed by atoms with van der Waals surface area (Å²) >= 11 is 3.29. The van der Waals surface area contributed by atoms with E-state index in [0.717, 1.165) is 19.3 Å². The summed E-state index contributed by atoms with van der Waals surface area (Å²) in [6.07, 6.45) is 7.86. The molecule has 1 aromatic carbocycles. The summed E-state index contributed by atoms with van der Waals surface area (Å²) in [6, 6.07) is 5.00. The maximum atomic E-state index is 12.1. The highest BCUT2D eigenvalue weighted by molar-refractivity contribution is 9.10. The van der Waals surface area contributed by atoms with E-state index in [1.165, 1.54) is 25.5 Å². The molecular formula is C18H22BrNO4. The van der Waals surface area contributed by atoms with Gasteiger partial charge in [-0.15, -0.1) is 0 Å². The van der Waals surface area contributed by atoms with E-state index < -0.39 is 5.97 Å². The first-order chi connectivity index (χ1) is 11.6. The Morgan fingerprint density at radius 1 is 1.29 bits per heavy atom. The van der Waals surface area contributed by atoms with Crippen molar-refractivity contribution >= 4 is 27.8 Å². The Labute approximate surface area is 150 Å². The van der Waals surface area contributed by atoms with Crippen LogP contribution in [0, 0.1) is 0 Å². The molecule has 0 heterocycles. The summed E-state index contributed by atoms with van der Waals surface area (Å²) in [5, 5.41) is 2.78. The van der Waals surface area contributed by atoms with Gasteiger partial charge in [-0.05, 0) is 66.2 Å². The molecule has 1 aliphatic rings. The molecule has 130 valence electrons. The first-order valence-corrected chi connectivity index (χ1v) is 8.84. The van der Waals surface area contributed by atoms with E-state index in [1.807, 2.05) is 0 Å². The second-order valence-electron chi connectivity index (χ2n) is 5.63.